The number of hydrogen-bond donors (Lipinski definition) is 1. The van der Waals surface area contributed by atoms with Crippen LogP contribution in [0.4, 0.5) is 5.82 Å². The summed E-state index contributed by atoms with van der Waals surface area (Å²) in [6.07, 6.45) is 10.2. The number of methoxy groups -OCH3 is 4. The van der Waals surface area contributed by atoms with Crippen molar-refractivity contribution in [2.45, 2.75) is 13.0 Å². The van der Waals surface area contributed by atoms with Gasteiger partial charge >= 0.3 is 0 Å². The van der Waals surface area contributed by atoms with Crippen molar-refractivity contribution < 1.29 is 18.9 Å². The van der Waals surface area contributed by atoms with E-state index in [2.05, 4.69) is 10.3 Å². The molecule has 4 aromatic rings. The third-order valence-corrected chi connectivity index (χ3v) is 5.46. The molecule has 0 unspecified atom stereocenters. The number of aromatic nitrogens is 4. The lowest BCUT2D eigenvalue weighted by Crippen LogP contribution is -2.08. The van der Waals surface area contributed by atoms with E-state index in [4.69, 9.17) is 28.9 Å². The fraction of sp³-hybridized carbons (Fsp3) is 0.269. The number of hydrogen-bond acceptors (Lipinski definition) is 8. The number of anilines is 1. The Labute approximate surface area is 204 Å². The third kappa shape index (κ3) is 5.81. The van der Waals surface area contributed by atoms with E-state index in [1.54, 1.807) is 34.6 Å². The molecule has 182 valence electrons. The van der Waals surface area contributed by atoms with Crippen LogP contribution in [0.5, 0.6) is 23.0 Å². The summed E-state index contributed by atoms with van der Waals surface area (Å²) >= 11 is 0. The molecule has 1 N–H and O–H groups in total. The minimum Gasteiger partial charge on any atom is -0.497 e. The van der Waals surface area contributed by atoms with E-state index in [-0.39, 0.29) is 0 Å². The van der Waals surface area contributed by atoms with E-state index in [0.717, 1.165) is 41.8 Å². The smallest absolute Gasteiger partial charge is 0.162 e. The van der Waals surface area contributed by atoms with Gasteiger partial charge < -0.3 is 28.8 Å². The number of imidazole rings is 1. The molecular weight excluding hydrogens is 446 g/mol. The first-order chi connectivity index (χ1) is 17.1. The zero-order valence-corrected chi connectivity index (χ0v) is 20.3. The molecule has 0 radical (unpaired) electrons. The van der Waals surface area contributed by atoms with Crippen molar-refractivity contribution in [3.05, 3.63) is 60.4 Å². The fourth-order valence-electron chi connectivity index (χ4n) is 3.67. The van der Waals surface area contributed by atoms with Gasteiger partial charge in [-0.25, -0.2) is 15.0 Å². The molecular formula is C26H29N5O4. The van der Waals surface area contributed by atoms with Crippen LogP contribution in [0.3, 0.4) is 0 Å². The molecule has 0 bridgehead atoms. The number of ether oxygens (including phenoxy) is 4. The van der Waals surface area contributed by atoms with E-state index in [0.29, 0.717) is 28.8 Å². The standard InChI is InChI=1S/C26H29N5O4/c1-32-19-12-18(13-20(14-19)33-2)6-7-25-29-22-16-24(35-4)23(34-3)15-21(22)26(30-25)28-8-5-10-31-11-9-27-17-31/h6-7,9,11-17H,5,8,10H2,1-4H3,(H,28,29,30)/b7-6+. The van der Waals surface area contributed by atoms with Gasteiger partial charge in [-0.05, 0) is 36.3 Å². The molecule has 4 rings (SSSR count). The lowest BCUT2D eigenvalue weighted by atomic mass is 10.1. The first-order valence-corrected chi connectivity index (χ1v) is 11.2. The Bertz CT molecular complexity index is 1280. The molecule has 2 heterocycles. The molecule has 0 aliphatic rings. The SMILES string of the molecule is COc1cc(/C=C/c2nc(NCCCn3ccnc3)c3cc(OC)c(OC)cc3n2)cc(OC)c1. The van der Waals surface area contributed by atoms with E-state index in [1.165, 1.54) is 0 Å². The van der Waals surface area contributed by atoms with Gasteiger partial charge in [-0.2, -0.15) is 0 Å². The van der Waals surface area contributed by atoms with E-state index in [1.807, 2.05) is 59.6 Å². The Balaban J connectivity index is 1.65. The van der Waals surface area contributed by atoms with E-state index >= 15 is 0 Å². The lowest BCUT2D eigenvalue weighted by Gasteiger charge is -2.13. The molecule has 9 heteroatoms. The molecule has 0 fully saturated rings. The molecule has 2 aromatic heterocycles. The van der Waals surface area contributed by atoms with Crippen LogP contribution < -0.4 is 24.3 Å². The van der Waals surface area contributed by atoms with Gasteiger partial charge in [0.15, 0.2) is 17.3 Å². The Morgan fingerprint density at radius 3 is 2.26 bits per heavy atom. The number of benzene rings is 2. The maximum absolute atomic E-state index is 5.50. The summed E-state index contributed by atoms with van der Waals surface area (Å²) in [4.78, 5) is 13.6. The van der Waals surface area contributed by atoms with E-state index < -0.39 is 0 Å². The Morgan fingerprint density at radius 2 is 1.60 bits per heavy atom. The first-order valence-electron chi connectivity index (χ1n) is 11.2. The maximum atomic E-state index is 5.50. The average molecular weight is 476 g/mol. The van der Waals surface area contributed by atoms with Crippen molar-refractivity contribution in [1.82, 2.24) is 19.5 Å². The van der Waals surface area contributed by atoms with Gasteiger partial charge in [0.1, 0.15) is 17.3 Å². The first kappa shape index (κ1) is 23.9. The van der Waals surface area contributed by atoms with Crippen molar-refractivity contribution >= 4 is 28.9 Å². The molecule has 0 aliphatic heterocycles. The van der Waals surface area contributed by atoms with Crippen LogP contribution in [0.15, 0.2) is 49.1 Å². The Kier molecular flexibility index (Phi) is 7.67. The molecule has 0 aliphatic carbocycles. The minimum atomic E-state index is 0.559. The fourth-order valence-corrected chi connectivity index (χ4v) is 3.67. The van der Waals surface area contributed by atoms with Crippen LogP contribution in [0, 0.1) is 0 Å². The number of aryl methyl sites for hydroxylation is 1. The number of fused-ring (bicyclic) bond motifs is 1. The van der Waals surface area contributed by atoms with E-state index in [9.17, 15) is 0 Å². The summed E-state index contributed by atoms with van der Waals surface area (Å²) in [6.45, 7) is 1.59. The monoisotopic (exact) mass is 475 g/mol. The highest BCUT2D eigenvalue weighted by Gasteiger charge is 2.13. The summed E-state index contributed by atoms with van der Waals surface area (Å²) in [5, 5.41) is 4.31. The van der Waals surface area contributed by atoms with Crippen LogP contribution >= 0.6 is 0 Å². The lowest BCUT2D eigenvalue weighted by molar-refractivity contribution is 0.356. The highest BCUT2D eigenvalue weighted by Crippen LogP contribution is 2.34. The second kappa shape index (κ2) is 11.2. The quantitative estimate of drug-likeness (QED) is 0.316. The topological polar surface area (TPSA) is 92.6 Å². The van der Waals surface area contributed by atoms with Crippen LogP contribution in [0.2, 0.25) is 0 Å². The van der Waals surface area contributed by atoms with Gasteiger partial charge in [0.2, 0.25) is 0 Å². The average Bonchev–Trinajstić information content (AvgIpc) is 3.42. The number of nitrogens with zero attached hydrogens (tertiary/aromatic N) is 4. The van der Waals surface area contributed by atoms with Crippen molar-refractivity contribution in [2.24, 2.45) is 0 Å². The molecule has 9 nitrogen and oxygen atoms in total. The van der Waals surface area contributed by atoms with Crippen LogP contribution in [0.25, 0.3) is 23.1 Å². The van der Waals surface area contributed by atoms with Crippen molar-refractivity contribution in [1.29, 1.82) is 0 Å². The number of nitrogens with one attached hydrogen (secondary N) is 1. The minimum absolute atomic E-state index is 0.559. The predicted molar refractivity (Wildman–Crippen MR) is 136 cm³/mol. The Hall–Kier alpha value is -4.27. The molecule has 35 heavy (non-hydrogen) atoms. The van der Waals surface area contributed by atoms with Gasteiger partial charge in [-0.1, -0.05) is 6.08 Å². The van der Waals surface area contributed by atoms with Crippen LogP contribution in [-0.2, 0) is 6.54 Å². The zero-order valence-electron chi connectivity index (χ0n) is 20.3. The Morgan fingerprint density at radius 1 is 0.857 bits per heavy atom. The highest BCUT2D eigenvalue weighted by atomic mass is 16.5. The zero-order chi connectivity index (χ0) is 24.6. The van der Waals surface area contributed by atoms with Gasteiger partial charge in [-0.15, -0.1) is 0 Å². The van der Waals surface area contributed by atoms with Gasteiger partial charge in [0, 0.05) is 43.0 Å². The largest absolute Gasteiger partial charge is 0.497 e. The normalized spacial score (nSPS) is 11.1. The molecule has 0 saturated carbocycles. The second-order valence-electron chi connectivity index (χ2n) is 7.71. The second-order valence-corrected chi connectivity index (χ2v) is 7.71. The summed E-state index contributed by atoms with van der Waals surface area (Å²) in [7, 11) is 6.47. The van der Waals surface area contributed by atoms with Gasteiger partial charge in [0.05, 0.1) is 40.3 Å². The highest BCUT2D eigenvalue weighted by molar-refractivity contribution is 5.92. The predicted octanol–water partition coefficient (Wildman–Crippen LogP) is 4.53. The molecule has 0 atom stereocenters. The maximum Gasteiger partial charge on any atom is 0.162 e. The van der Waals surface area contributed by atoms with Gasteiger partial charge in [-0.3, -0.25) is 0 Å². The van der Waals surface area contributed by atoms with Gasteiger partial charge in [0.25, 0.3) is 0 Å². The molecule has 0 amide bonds. The van der Waals surface area contributed by atoms with Crippen molar-refractivity contribution in [3.8, 4) is 23.0 Å². The number of rotatable bonds is 11. The van der Waals surface area contributed by atoms with Crippen LogP contribution in [-0.4, -0.2) is 54.5 Å². The summed E-state index contributed by atoms with van der Waals surface area (Å²) in [5.41, 5.74) is 1.66. The summed E-state index contributed by atoms with van der Waals surface area (Å²) < 4.78 is 23.8. The molecule has 2 aromatic carbocycles. The molecule has 0 spiro atoms. The van der Waals surface area contributed by atoms with Crippen molar-refractivity contribution in [2.75, 3.05) is 40.3 Å². The summed E-state index contributed by atoms with van der Waals surface area (Å²) in [5.74, 6) is 3.93. The van der Waals surface area contributed by atoms with Crippen molar-refractivity contribution in [3.63, 3.8) is 0 Å². The van der Waals surface area contributed by atoms with Crippen LogP contribution in [0.1, 0.15) is 17.8 Å². The molecule has 0 saturated heterocycles. The third-order valence-electron chi connectivity index (χ3n) is 5.46. The summed E-state index contributed by atoms with van der Waals surface area (Å²) in [6, 6.07) is 9.42.